The van der Waals surface area contributed by atoms with Gasteiger partial charge in [-0.05, 0) is 35.6 Å². The minimum Gasteiger partial charge on any atom is -0.338 e. The highest BCUT2D eigenvalue weighted by atomic mass is 32.2. The van der Waals surface area contributed by atoms with Crippen molar-refractivity contribution in [3.8, 4) is 0 Å². The molecule has 1 fully saturated rings. The molecule has 1 aliphatic rings. The lowest BCUT2D eigenvalue weighted by Crippen LogP contribution is -2.33. The lowest BCUT2D eigenvalue weighted by molar-refractivity contribution is 0.0766. The summed E-state index contributed by atoms with van der Waals surface area (Å²) in [6.07, 6.45) is 5.81. The summed E-state index contributed by atoms with van der Waals surface area (Å²) < 4.78 is 27.3. The van der Waals surface area contributed by atoms with Crippen LogP contribution in [0.3, 0.4) is 0 Å². The fourth-order valence-electron chi connectivity index (χ4n) is 3.47. The van der Waals surface area contributed by atoms with Gasteiger partial charge in [0.25, 0.3) is 5.91 Å². The fourth-order valence-corrected chi connectivity index (χ4v) is 6.47. The van der Waals surface area contributed by atoms with E-state index in [0.29, 0.717) is 25.1 Å². The van der Waals surface area contributed by atoms with Crippen LogP contribution in [0.1, 0.15) is 32.5 Å². The quantitative estimate of drug-likeness (QED) is 0.657. The number of benzene rings is 1. The number of imidazole rings is 1. The van der Waals surface area contributed by atoms with Gasteiger partial charge in [-0.15, -0.1) is 11.3 Å². The molecule has 0 bridgehead atoms. The zero-order valence-corrected chi connectivity index (χ0v) is 16.9. The summed E-state index contributed by atoms with van der Waals surface area (Å²) in [5.74, 6) is -0.115. The van der Waals surface area contributed by atoms with Crippen molar-refractivity contribution >= 4 is 27.1 Å². The summed E-state index contributed by atoms with van der Waals surface area (Å²) in [6.45, 7) is 1.37. The number of carbonyl (C=O) groups is 1. The van der Waals surface area contributed by atoms with Gasteiger partial charge in [-0.25, -0.2) is 13.4 Å². The van der Waals surface area contributed by atoms with Crippen LogP contribution in [0.2, 0.25) is 0 Å². The first kappa shape index (κ1) is 18.9. The van der Waals surface area contributed by atoms with Crippen molar-refractivity contribution < 1.29 is 13.2 Å². The predicted molar refractivity (Wildman–Crippen MR) is 109 cm³/mol. The van der Waals surface area contributed by atoms with Crippen molar-refractivity contribution in [2.24, 2.45) is 0 Å². The number of sulfone groups is 1. The molecule has 0 saturated carbocycles. The van der Waals surface area contributed by atoms with Gasteiger partial charge >= 0.3 is 0 Å². The average molecular weight is 416 g/mol. The average Bonchev–Trinajstić information content (AvgIpc) is 3.36. The third kappa shape index (κ3) is 4.02. The number of hydrogen-bond donors (Lipinski definition) is 0. The molecule has 4 rings (SSSR count). The smallest absolute Gasteiger partial charge is 0.253 e. The van der Waals surface area contributed by atoms with Gasteiger partial charge in [-0.3, -0.25) is 4.79 Å². The van der Waals surface area contributed by atoms with Crippen LogP contribution in [0.5, 0.6) is 0 Å². The van der Waals surface area contributed by atoms with Crippen LogP contribution in [-0.4, -0.2) is 47.6 Å². The van der Waals surface area contributed by atoms with Crippen LogP contribution in [0.25, 0.3) is 0 Å². The van der Waals surface area contributed by atoms with E-state index in [-0.39, 0.29) is 18.2 Å². The second-order valence-electron chi connectivity index (χ2n) is 6.88. The number of hydrogen-bond acceptors (Lipinski definition) is 5. The highest BCUT2D eigenvalue weighted by Gasteiger charge is 2.33. The molecule has 3 aromatic rings. The molecule has 1 atom stereocenters. The molecule has 6 nitrogen and oxygen atoms in total. The molecule has 1 aliphatic heterocycles. The molecular weight excluding hydrogens is 394 g/mol. The van der Waals surface area contributed by atoms with Gasteiger partial charge in [0.15, 0.2) is 9.84 Å². The van der Waals surface area contributed by atoms with Crippen LogP contribution < -0.4 is 0 Å². The first-order valence-corrected chi connectivity index (χ1v) is 11.7. The van der Waals surface area contributed by atoms with Crippen LogP contribution in [0.15, 0.2) is 60.5 Å². The highest BCUT2D eigenvalue weighted by molar-refractivity contribution is 7.91. The minimum atomic E-state index is -3.26. The molecule has 1 amide bonds. The fraction of sp³-hybridized carbons (Fsp3) is 0.300. The Balaban J connectivity index is 1.46. The summed E-state index contributed by atoms with van der Waals surface area (Å²) in [5, 5.41) is 1.38. The maximum absolute atomic E-state index is 12.9. The van der Waals surface area contributed by atoms with Gasteiger partial charge in [0.2, 0.25) is 0 Å². The van der Waals surface area contributed by atoms with E-state index in [1.54, 1.807) is 17.4 Å². The summed E-state index contributed by atoms with van der Waals surface area (Å²) in [7, 11) is -3.26. The van der Waals surface area contributed by atoms with E-state index >= 15 is 0 Å². The van der Waals surface area contributed by atoms with E-state index in [2.05, 4.69) is 4.98 Å². The Hall–Kier alpha value is -2.45. The van der Waals surface area contributed by atoms with Crippen LogP contribution in [-0.2, 0) is 16.4 Å². The number of thiophene rings is 1. The summed E-state index contributed by atoms with van der Waals surface area (Å²) in [5.41, 5.74) is 1.66. The third-order valence-corrected chi connectivity index (χ3v) is 8.26. The summed E-state index contributed by atoms with van der Waals surface area (Å²) in [6, 6.07) is 11.2. The van der Waals surface area contributed by atoms with Gasteiger partial charge in [0.05, 0.1) is 17.3 Å². The van der Waals surface area contributed by atoms with Gasteiger partial charge < -0.3 is 9.47 Å². The normalized spacial score (nSPS) is 19.3. The Morgan fingerprint density at radius 2 is 2.00 bits per heavy atom. The van der Waals surface area contributed by atoms with Crippen molar-refractivity contribution in [3.05, 3.63) is 76.5 Å². The third-order valence-electron chi connectivity index (χ3n) is 5.01. The van der Waals surface area contributed by atoms with Gasteiger partial charge in [-0.2, -0.15) is 0 Å². The molecular formula is C20H21N3O3S2. The Bertz CT molecular complexity index is 1030. The first-order chi connectivity index (χ1) is 13.5. The van der Waals surface area contributed by atoms with E-state index in [0.717, 1.165) is 10.4 Å². The van der Waals surface area contributed by atoms with Crippen molar-refractivity contribution in [3.63, 3.8) is 0 Å². The lowest BCUT2D eigenvalue weighted by atomic mass is 10.1. The number of carbonyl (C=O) groups excluding carboxylic acids is 1. The van der Waals surface area contributed by atoms with Crippen LogP contribution >= 0.6 is 11.3 Å². The number of aromatic nitrogens is 2. The molecule has 2 aromatic heterocycles. The number of nitrogens with zero attached hydrogens (tertiary/aromatic N) is 3. The molecule has 3 heterocycles. The Labute approximate surface area is 168 Å². The van der Waals surface area contributed by atoms with E-state index in [9.17, 15) is 13.2 Å². The van der Waals surface area contributed by atoms with Gasteiger partial charge in [-0.1, -0.05) is 18.2 Å². The van der Waals surface area contributed by atoms with Crippen LogP contribution in [0.4, 0.5) is 0 Å². The van der Waals surface area contributed by atoms with E-state index in [4.69, 9.17) is 0 Å². The lowest BCUT2D eigenvalue weighted by Gasteiger charge is -2.20. The molecule has 146 valence electrons. The summed E-state index contributed by atoms with van der Waals surface area (Å²) >= 11 is 1.46. The Kier molecular flexibility index (Phi) is 5.32. The maximum Gasteiger partial charge on any atom is 0.253 e. The molecule has 1 aromatic carbocycles. The second-order valence-corrected chi connectivity index (χ2v) is 10.2. The molecule has 0 radical (unpaired) electrons. The standard InChI is InChI=1S/C20H21N3O3S2/c24-20(17-5-3-16(4-6-17)14-22-10-8-21-15-22)23-9-7-19(18-2-1-12-27-18)28(25,26)13-11-23/h1-6,8,10,12,15,19H,7,9,11,13-14H2. The predicted octanol–water partition coefficient (Wildman–Crippen LogP) is 2.99. The monoisotopic (exact) mass is 415 g/mol. The van der Waals surface area contributed by atoms with E-state index < -0.39 is 15.1 Å². The van der Waals surface area contributed by atoms with Crippen molar-refractivity contribution in [1.29, 1.82) is 0 Å². The molecule has 0 N–H and O–H groups in total. The first-order valence-electron chi connectivity index (χ1n) is 9.12. The molecule has 8 heteroatoms. The van der Waals surface area contributed by atoms with Crippen molar-refractivity contribution in [1.82, 2.24) is 14.5 Å². The second kappa shape index (κ2) is 7.89. The molecule has 0 spiro atoms. The molecule has 1 saturated heterocycles. The Morgan fingerprint density at radius 1 is 1.18 bits per heavy atom. The molecule has 1 unspecified atom stereocenters. The largest absolute Gasteiger partial charge is 0.338 e. The molecule has 0 aliphatic carbocycles. The Morgan fingerprint density at radius 3 is 2.68 bits per heavy atom. The number of amides is 1. The minimum absolute atomic E-state index is 0.0000195. The van der Waals surface area contributed by atoms with Gasteiger partial charge in [0.1, 0.15) is 0 Å². The molecule has 28 heavy (non-hydrogen) atoms. The van der Waals surface area contributed by atoms with Crippen molar-refractivity contribution in [2.75, 3.05) is 18.8 Å². The number of rotatable bonds is 4. The van der Waals surface area contributed by atoms with Crippen molar-refractivity contribution in [2.45, 2.75) is 18.2 Å². The highest BCUT2D eigenvalue weighted by Crippen LogP contribution is 2.32. The maximum atomic E-state index is 12.9. The zero-order chi connectivity index (χ0) is 19.6. The van der Waals surface area contributed by atoms with Gasteiger partial charge in [0, 0.05) is 42.5 Å². The summed E-state index contributed by atoms with van der Waals surface area (Å²) in [4.78, 5) is 19.4. The zero-order valence-electron chi connectivity index (χ0n) is 15.3. The van der Waals surface area contributed by atoms with E-state index in [1.165, 1.54) is 11.3 Å². The van der Waals surface area contributed by atoms with E-state index in [1.807, 2.05) is 52.5 Å². The van der Waals surface area contributed by atoms with Crippen LogP contribution in [0, 0.1) is 0 Å². The SMILES string of the molecule is O=C(c1ccc(Cn2ccnc2)cc1)N1CCC(c2cccs2)S(=O)(=O)CC1. The topological polar surface area (TPSA) is 72.3 Å².